The highest BCUT2D eigenvalue weighted by Crippen LogP contribution is 2.22. The van der Waals surface area contributed by atoms with Gasteiger partial charge in [-0.15, -0.1) is 0 Å². The number of benzene rings is 1. The van der Waals surface area contributed by atoms with Gasteiger partial charge in [0.15, 0.2) is 0 Å². The van der Waals surface area contributed by atoms with Crippen molar-refractivity contribution in [3.05, 3.63) is 18.2 Å². The van der Waals surface area contributed by atoms with E-state index in [0.717, 1.165) is 11.7 Å². The second-order valence-corrected chi connectivity index (χ2v) is 7.10. The molecule has 9 heteroatoms. The number of hydrogen-bond acceptors (Lipinski definition) is 6. The molecule has 1 aromatic heterocycles. The predicted molar refractivity (Wildman–Crippen MR) is 78.6 cm³/mol. The fourth-order valence-corrected chi connectivity index (χ4v) is 3.72. The summed E-state index contributed by atoms with van der Waals surface area (Å²) in [5, 5.41) is 0. The van der Waals surface area contributed by atoms with Crippen molar-refractivity contribution >= 4 is 50.0 Å². The molecule has 1 heterocycles. The Labute approximate surface area is 120 Å². The van der Waals surface area contributed by atoms with Gasteiger partial charge in [0.1, 0.15) is 15.9 Å². The van der Waals surface area contributed by atoms with E-state index in [0.29, 0.717) is 11.0 Å². The minimum atomic E-state index is -3.77. The molecule has 0 radical (unpaired) electrons. The molecular weight excluding hydrogens is 304 g/mol. The molecule has 0 aliphatic carbocycles. The highest BCUT2D eigenvalue weighted by atomic mass is 32.2. The summed E-state index contributed by atoms with van der Waals surface area (Å²) in [6, 6.07) is 4.80. The third-order valence-corrected chi connectivity index (χ3v) is 5.28. The number of thiocarbonyl (C=S) groups is 1. The van der Waals surface area contributed by atoms with Crippen LogP contribution in [0, 0.1) is 0 Å². The number of hydrogen-bond donors (Lipinski definition) is 2. The summed E-state index contributed by atoms with van der Waals surface area (Å²) >= 11 is 5.82. The van der Waals surface area contributed by atoms with Crippen LogP contribution in [0.25, 0.3) is 11.0 Å². The first-order valence-corrected chi connectivity index (χ1v) is 7.91. The van der Waals surface area contributed by atoms with Crippen molar-refractivity contribution in [2.75, 3.05) is 0 Å². The number of rotatable bonds is 4. The molecule has 0 atom stereocenters. The quantitative estimate of drug-likeness (QED) is 0.818. The maximum Gasteiger partial charge on any atom is 0.243 e. The van der Waals surface area contributed by atoms with Crippen molar-refractivity contribution in [1.82, 2.24) is 13.5 Å². The summed E-state index contributed by atoms with van der Waals surface area (Å²) in [5.41, 5.74) is 5.40. The van der Waals surface area contributed by atoms with Crippen molar-refractivity contribution in [2.24, 2.45) is 5.73 Å². The van der Waals surface area contributed by atoms with Gasteiger partial charge in [0.2, 0.25) is 10.0 Å². The maximum absolute atomic E-state index is 12.4. The van der Waals surface area contributed by atoms with Gasteiger partial charge < -0.3 is 5.73 Å². The normalized spacial score (nSPS) is 12.7. The van der Waals surface area contributed by atoms with Gasteiger partial charge in [0.05, 0.1) is 22.3 Å². The van der Waals surface area contributed by atoms with Crippen LogP contribution in [0.2, 0.25) is 0 Å². The van der Waals surface area contributed by atoms with E-state index >= 15 is 0 Å². The molecule has 2 aromatic rings. The SMILES string of the molecule is CC(C)(NS(=O)(=O)c1cccc2nsnc12)C(N)=S. The number of sulfonamides is 1. The van der Waals surface area contributed by atoms with Gasteiger partial charge in [-0.3, -0.25) is 0 Å². The lowest BCUT2D eigenvalue weighted by molar-refractivity contribution is 0.547. The molecule has 1 aromatic carbocycles. The Balaban J connectivity index is 2.51. The van der Waals surface area contributed by atoms with Gasteiger partial charge in [-0.05, 0) is 26.0 Å². The zero-order chi connectivity index (χ0) is 14.3. The molecule has 0 aliphatic heterocycles. The van der Waals surface area contributed by atoms with Crippen LogP contribution in [-0.4, -0.2) is 27.7 Å². The molecule has 2 rings (SSSR count). The minimum Gasteiger partial charge on any atom is -0.392 e. The lowest BCUT2D eigenvalue weighted by Crippen LogP contribution is -2.51. The van der Waals surface area contributed by atoms with Crippen molar-refractivity contribution in [3.63, 3.8) is 0 Å². The summed E-state index contributed by atoms with van der Waals surface area (Å²) in [6.45, 7) is 3.21. The van der Waals surface area contributed by atoms with Crippen LogP contribution in [0.5, 0.6) is 0 Å². The summed E-state index contributed by atoms with van der Waals surface area (Å²) in [6.07, 6.45) is 0. The summed E-state index contributed by atoms with van der Waals surface area (Å²) in [5.74, 6) is 0. The lowest BCUT2D eigenvalue weighted by Gasteiger charge is -2.24. The molecule has 6 nitrogen and oxygen atoms in total. The number of aromatic nitrogens is 2. The number of nitrogens with one attached hydrogen (secondary N) is 1. The van der Waals surface area contributed by atoms with Gasteiger partial charge in [0, 0.05) is 0 Å². The molecule has 3 N–H and O–H groups in total. The predicted octanol–water partition coefficient (Wildman–Crippen LogP) is 1.03. The van der Waals surface area contributed by atoms with Crippen LogP contribution in [0.15, 0.2) is 23.1 Å². The van der Waals surface area contributed by atoms with E-state index in [1.807, 2.05) is 0 Å². The monoisotopic (exact) mass is 316 g/mol. The number of nitrogens with two attached hydrogens (primary N) is 1. The second-order valence-electron chi connectivity index (χ2n) is 4.48. The zero-order valence-corrected chi connectivity index (χ0v) is 12.7. The smallest absolute Gasteiger partial charge is 0.243 e. The maximum atomic E-state index is 12.4. The molecular formula is C10H12N4O2S3. The largest absolute Gasteiger partial charge is 0.392 e. The fourth-order valence-electron chi connectivity index (χ4n) is 1.44. The molecule has 0 spiro atoms. The van der Waals surface area contributed by atoms with E-state index in [1.54, 1.807) is 26.0 Å². The fraction of sp³-hybridized carbons (Fsp3) is 0.300. The molecule has 102 valence electrons. The van der Waals surface area contributed by atoms with E-state index in [1.165, 1.54) is 6.07 Å². The van der Waals surface area contributed by atoms with Crippen LogP contribution in [0.1, 0.15) is 13.8 Å². The number of fused-ring (bicyclic) bond motifs is 1. The molecule has 0 unspecified atom stereocenters. The van der Waals surface area contributed by atoms with Crippen LogP contribution >= 0.6 is 23.9 Å². The lowest BCUT2D eigenvalue weighted by atomic mass is 10.1. The Kier molecular flexibility index (Phi) is 3.56. The van der Waals surface area contributed by atoms with Crippen LogP contribution in [0.4, 0.5) is 0 Å². The molecule has 0 amide bonds. The first kappa shape index (κ1) is 14.3. The summed E-state index contributed by atoms with van der Waals surface area (Å²) in [4.78, 5) is 0.141. The topological polar surface area (TPSA) is 98.0 Å². The summed E-state index contributed by atoms with van der Waals surface area (Å²) < 4.78 is 35.2. The minimum absolute atomic E-state index is 0.0691. The third kappa shape index (κ3) is 2.73. The standard InChI is InChI=1S/C10H12N4O2S3/c1-10(2,9(11)17)14-19(15,16)7-5-3-4-6-8(7)13-18-12-6/h3-5,14H,1-2H3,(H2,11,17). The van der Waals surface area contributed by atoms with Crippen LogP contribution < -0.4 is 10.5 Å². The van der Waals surface area contributed by atoms with Gasteiger partial charge in [-0.2, -0.15) is 13.5 Å². The van der Waals surface area contributed by atoms with E-state index in [9.17, 15) is 8.42 Å². The van der Waals surface area contributed by atoms with E-state index in [-0.39, 0.29) is 9.88 Å². The summed E-state index contributed by atoms with van der Waals surface area (Å²) in [7, 11) is -3.77. The zero-order valence-electron chi connectivity index (χ0n) is 10.2. The average molecular weight is 316 g/mol. The first-order valence-electron chi connectivity index (χ1n) is 5.29. The number of nitrogens with zero attached hydrogens (tertiary/aromatic N) is 2. The highest BCUT2D eigenvalue weighted by Gasteiger charge is 2.30. The van der Waals surface area contributed by atoms with Gasteiger partial charge >= 0.3 is 0 Å². The molecule has 0 saturated carbocycles. The van der Waals surface area contributed by atoms with Crippen LogP contribution in [-0.2, 0) is 10.0 Å². The molecule has 0 saturated heterocycles. The van der Waals surface area contributed by atoms with Gasteiger partial charge in [-0.25, -0.2) is 8.42 Å². The molecule has 0 fully saturated rings. The Morgan fingerprint density at radius 2 is 2.11 bits per heavy atom. The van der Waals surface area contributed by atoms with Crippen molar-refractivity contribution < 1.29 is 8.42 Å². The van der Waals surface area contributed by atoms with Crippen molar-refractivity contribution in [1.29, 1.82) is 0 Å². The van der Waals surface area contributed by atoms with Crippen molar-refractivity contribution in [2.45, 2.75) is 24.3 Å². The third-order valence-electron chi connectivity index (χ3n) is 2.54. The molecule has 0 aliphatic rings. The first-order chi connectivity index (χ1) is 8.74. The Hall–Kier alpha value is -1.16. The van der Waals surface area contributed by atoms with E-state index in [4.69, 9.17) is 18.0 Å². The molecule has 19 heavy (non-hydrogen) atoms. The van der Waals surface area contributed by atoms with Crippen molar-refractivity contribution in [3.8, 4) is 0 Å². The Morgan fingerprint density at radius 1 is 1.42 bits per heavy atom. The average Bonchev–Trinajstić information content (AvgIpc) is 2.74. The van der Waals surface area contributed by atoms with Gasteiger partial charge in [-0.1, -0.05) is 18.3 Å². The van der Waals surface area contributed by atoms with Gasteiger partial charge in [0.25, 0.3) is 0 Å². The van der Waals surface area contributed by atoms with E-state index < -0.39 is 15.6 Å². The highest BCUT2D eigenvalue weighted by molar-refractivity contribution is 7.90. The van der Waals surface area contributed by atoms with E-state index in [2.05, 4.69) is 13.5 Å². The second kappa shape index (κ2) is 4.75. The Morgan fingerprint density at radius 3 is 2.74 bits per heavy atom. The van der Waals surface area contributed by atoms with Crippen LogP contribution in [0.3, 0.4) is 0 Å². The molecule has 0 bridgehead atoms. The Bertz CT molecular complexity index is 736.